The van der Waals surface area contributed by atoms with Crippen LogP contribution in [0.5, 0.6) is 0 Å². The first kappa shape index (κ1) is 16.6. The van der Waals surface area contributed by atoms with Crippen LogP contribution in [0.4, 0.5) is 0 Å². The van der Waals surface area contributed by atoms with Crippen LogP contribution in [0.2, 0.25) is 0 Å². The molecule has 2 N–H and O–H groups in total. The molecule has 0 fully saturated rings. The average molecular weight is 325 g/mol. The number of hydrogen-bond donors (Lipinski definition) is 2. The van der Waals surface area contributed by atoms with Gasteiger partial charge in [-0.25, -0.2) is 0 Å². The van der Waals surface area contributed by atoms with Gasteiger partial charge < -0.3 is 15.2 Å². The SMILES string of the molecule is CC(C)C(NCC(O)COCc1cccs1)c1cccs1. The maximum atomic E-state index is 10.0. The van der Waals surface area contributed by atoms with Gasteiger partial charge in [-0.2, -0.15) is 0 Å². The zero-order valence-electron chi connectivity index (χ0n) is 12.5. The summed E-state index contributed by atoms with van der Waals surface area (Å²) < 4.78 is 5.55. The summed E-state index contributed by atoms with van der Waals surface area (Å²) in [6, 6.07) is 8.55. The quantitative estimate of drug-likeness (QED) is 0.739. The van der Waals surface area contributed by atoms with Gasteiger partial charge >= 0.3 is 0 Å². The molecule has 0 saturated carbocycles. The number of nitrogens with one attached hydrogen (secondary N) is 1. The highest BCUT2D eigenvalue weighted by atomic mass is 32.1. The zero-order chi connectivity index (χ0) is 15.1. The Morgan fingerprint density at radius 1 is 1.19 bits per heavy atom. The second-order valence-electron chi connectivity index (χ2n) is 5.39. The standard InChI is InChI=1S/C16H23NO2S2/c1-12(2)16(15-6-4-8-21-15)17-9-13(18)10-19-11-14-5-3-7-20-14/h3-8,12-13,16-18H,9-11H2,1-2H3. The van der Waals surface area contributed by atoms with E-state index < -0.39 is 6.10 Å². The second-order valence-corrected chi connectivity index (χ2v) is 7.41. The third kappa shape index (κ3) is 5.52. The average Bonchev–Trinajstić information content (AvgIpc) is 3.11. The number of ether oxygens (including phenoxy) is 1. The maximum absolute atomic E-state index is 10.0. The summed E-state index contributed by atoms with van der Waals surface area (Å²) in [6.45, 7) is 5.87. The van der Waals surface area contributed by atoms with Gasteiger partial charge in [-0.05, 0) is 28.8 Å². The Balaban J connectivity index is 1.70. The molecule has 0 bridgehead atoms. The van der Waals surface area contributed by atoms with Crippen LogP contribution in [-0.4, -0.2) is 24.4 Å². The molecule has 2 unspecified atom stereocenters. The van der Waals surface area contributed by atoms with Crippen molar-refractivity contribution in [1.29, 1.82) is 0 Å². The molecule has 0 aromatic carbocycles. The summed E-state index contributed by atoms with van der Waals surface area (Å²) in [7, 11) is 0. The smallest absolute Gasteiger partial charge is 0.0898 e. The van der Waals surface area contributed by atoms with Crippen molar-refractivity contribution in [3.8, 4) is 0 Å². The first-order chi connectivity index (χ1) is 10.2. The van der Waals surface area contributed by atoms with Crippen molar-refractivity contribution in [3.05, 3.63) is 44.8 Å². The Bertz CT molecular complexity index is 482. The molecule has 0 aliphatic carbocycles. The molecule has 2 aromatic heterocycles. The fourth-order valence-electron chi connectivity index (χ4n) is 2.15. The van der Waals surface area contributed by atoms with Gasteiger partial charge in [-0.3, -0.25) is 0 Å². The van der Waals surface area contributed by atoms with E-state index in [0.29, 0.717) is 25.7 Å². The maximum Gasteiger partial charge on any atom is 0.0898 e. The van der Waals surface area contributed by atoms with E-state index in [-0.39, 0.29) is 6.04 Å². The van der Waals surface area contributed by atoms with Crippen molar-refractivity contribution >= 4 is 22.7 Å². The predicted octanol–water partition coefficient (Wildman–Crippen LogP) is 3.67. The van der Waals surface area contributed by atoms with Crippen LogP contribution in [0.15, 0.2) is 35.0 Å². The van der Waals surface area contributed by atoms with E-state index in [1.165, 1.54) is 9.75 Å². The predicted molar refractivity (Wildman–Crippen MR) is 89.9 cm³/mol. The van der Waals surface area contributed by atoms with Crippen molar-refractivity contribution in [3.63, 3.8) is 0 Å². The zero-order valence-corrected chi connectivity index (χ0v) is 14.1. The highest BCUT2D eigenvalue weighted by Crippen LogP contribution is 2.25. The number of hydrogen-bond acceptors (Lipinski definition) is 5. The molecule has 21 heavy (non-hydrogen) atoms. The molecule has 0 amide bonds. The Hall–Kier alpha value is -0.720. The molecule has 0 saturated heterocycles. The third-order valence-corrected chi connectivity index (χ3v) is 5.03. The number of aliphatic hydroxyl groups is 1. The Labute approximate surface area is 134 Å². The van der Waals surface area contributed by atoms with E-state index in [1.54, 1.807) is 22.7 Å². The lowest BCUT2D eigenvalue weighted by Gasteiger charge is -2.23. The molecule has 5 heteroatoms. The minimum Gasteiger partial charge on any atom is -0.389 e. The van der Waals surface area contributed by atoms with Crippen LogP contribution in [0.25, 0.3) is 0 Å². The molecular formula is C16H23NO2S2. The molecule has 2 heterocycles. The lowest BCUT2D eigenvalue weighted by atomic mass is 10.0. The van der Waals surface area contributed by atoms with E-state index in [2.05, 4.69) is 36.7 Å². The van der Waals surface area contributed by atoms with Gasteiger partial charge in [0, 0.05) is 22.3 Å². The minimum absolute atomic E-state index is 0.289. The molecule has 0 radical (unpaired) electrons. The van der Waals surface area contributed by atoms with Gasteiger partial charge in [0.1, 0.15) is 0 Å². The largest absolute Gasteiger partial charge is 0.389 e. The fourth-order valence-corrected chi connectivity index (χ4v) is 3.76. The minimum atomic E-state index is -0.480. The normalized spacial score (nSPS) is 14.5. The third-order valence-electron chi connectivity index (χ3n) is 3.22. The number of rotatable bonds is 9. The summed E-state index contributed by atoms with van der Waals surface area (Å²) in [5, 5.41) is 17.6. The van der Waals surface area contributed by atoms with E-state index in [9.17, 15) is 5.11 Å². The molecule has 2 rings (SSSR count). The molecule has 0 spiro atoms. The Morgan fingerprint density at radius 3 is 2.57 bits per heavy atom. The van der Waals surface area contributed by atoms with Gasteiger partial charge in [0.25, 0.3) is 0 Å². The first-order valence-corrected chi connectivity index (χ1v) is 8.97. The Kier molecular flexibility index (Phi) is 6.86. The second kappa shape index (κ2) is 8.66. The number of thiophene rings is 2. The number of aliphatic hydroxyl groups excluding tert-OH is 1. The van der Waals surface area contributed by atoms with Gasteiger partial charge in [0.05, 0.1) is 19.3 Å². The van der Waals surface area contributed by atoms with Crippen molar-refractivity contribution in [2.24, 2.45) is 5.92 Å². The summed E-state index contributed by atoms with van der Waals surface area (Å²) in [5.41, 5.74) is 0. The van der Waals surface area contributed by atoms with Gasteiger partial charge in [0.15, 0.2) is 0 Å². The van der Waals surface area contributed by atoms with E-state index >= 15 is 0 Å². The lowest BCUT2D eigenvalue weighted by Crippen LogP contribution is -2.34. The van der Waals surface area contributed by atoms with Crippen molar-refractivity contribution in [1.82, 2.24) is 5.32 Å². The summed E-state index contributed by atoms with van der Waals surface area (Å²) in [4.78, 5) is 2.51. The topological polar surface area (TPSA) is 41.5 Å². The van der Waals surface area contributed by atoms with Crippen molar-refractivity contribution in [2.45, 2.75) is 32.6 Å². The summed E-state index contributed by atoms with van der Waals surface area (Å²) in [6.07, 6.45) is -0.480. The van der Waals surface area contributed by atoms with Crippen molar-refractivity contribution in [2.75, 3.05) is 13.2 Å². The first-order valence-electron chi connectivity index (χ1n) is 7.21. The monoisotopic (exact) mass is 325 g/mol. The molecule has 2 aromatic rings. The van der Waals surface area contributed by atoms with Gasteiger partial charge in [-0.15, -0.1) is 22.7 Å². The molecular weight excluding hydrogens is 302 g/mol. The molecule has 116 valence electrons. The van der Waals surface area contributed by atoms with E-state index in [4.69, 9.17) is 4.74 Å². The molecule has 3 nitrogen and oxygen atoms in total. The highest BCUT2D eigenvalue weighted by Gasteiger charge is 2.17. The fraction of sp³-hybridized carbons (Fsp3) is 0.500. The van der Waals surface area contributed by atoms with Gasteiger partial charge in [0.2, 0.25) is 0 Å². The van der Waals surface area contributed by atoms with Gasteiger partial charge in [-0.1, -0.05) is 26.0 Å². The summed E-state index contributed by atoms with van der Waals surface area (Å²) >= 11 is 3.43. The van der Waals surface area contributed by atoms with Crippen LogP contribution in [0.3, 0.4) is 0 Å². The van der Waals surface area contributed by atoms with Crippen LogP contribution >= 0.6 is 22.7 Å². The molecule has 0 aliphatic heterocycles. The summed E-state index contributed by atoms with van der Waals surface area (Å²) in [5.74, 6) is 0.489. The van der Waals surface area contributed by atoms with Crippen LogP contribution < -0.4 is 5.32 Å². The van der Waals surface area contributed by atoms with Crippen LogP contribution in [0.1, 0.15) is 29.6 Å². The lowest BCUT2D eigenvalue weighted by molar-refractivity contribution is 0.0279. The van der Waals surface area contributed by atoms with Crippen LogP contribution in [0, 0.1) is 5.92 Å². The van der Waals surface area contributed by atoms with Crippen LogP contribution in [-0.2, 0) is 11.3 Å². The Morgan fingerprint density at radius 2 is 1.95 bits per heavy atom. The molecule has 2 atom stereocenters. The van der Waals surface area contributed by atoms with Crippen molar-refractivity contribution < 1.29 is 9.84 Å². The highest BCUT2D eigenvalue weighted by molar-refractivity contribution is 7.10. The van der Waals surface area contributed by atoms with E-state index in [1.807, 2.05) is 17.5 Å². The molecule has 0 aliphatic rings. The van der Waals surface area contributed by atoms with E-state index in [0.717, 1.165) is 0 Å².